The van der Waals surface area contributed by atoms with Gasteiger partial charge in [0.15, 0.2) is 0 Å². The van der Waals surface area contributed by atoms with Crippen molar-refractivity contribution in [2.75, 3.05) is 0 Å². The monoisotopic (exact) mass is 600 g/mol. The van der Waals surface area contributed by atoms with E-state index in [2.05, 4.69) is 165 Å². The summed E-state index contributed by atoms with van der Waals surface area (Å²) in [6.45, 7) is 2.33. The fraction of sp³-hybridized carbons (Fsp3) is 0.106. The summed E-state index contributed by atoms with van der Waals surface area (Å²) in [5.74, 6) is 0.500. The molecule has 1 aliphatic rings. The quantitative estimate of drug-likeness (QED) is 0.167. The lowest BCUT2D eigenvalue weighted by Gasteiger charge is -2.20. The largest absolute Gasteiger partial charge is 0.0648 e. The van der Waals surface area contributed by atoms with Crippen LogP contribution in [0.3, 0.4) is 0 Å². The summed E-state index contributed by atoms with van der Waals surface area (Å²) < 4.78 is 0. The lowest BCUT2D eigenvalue weighted by atomic mass is 9.84. The third kappa shape index (κ3) is 4.67. The van der Waals surface area contributed by atoms with Gasteiger partial charge in [0.1, 0.15) is 0 Å². The van der Waals surface area contributed by atoms with Crippen LogP contribution < -0.4 is 0 Å². The van der Waals surface area contributed by atoms with E-state index >= 15 is 0 Å². The van der Waals surface area contributed by atoms with Gasteiger partial charge in [-0.3, -0.25) is 0 Å². The molecule has 0 nitrogen and oxygen atoms in total. The van der Waals surface area contributed by atoms with Gasteiger partial charge < -0.3 is 0 Å². The van der Waals surface area contributed by atoms with E-state index in [-0.39, 0.29) is 0 Å². The molecular weight excluding hydrogens is 565 g/mol. The number of fused-ring (bicyclic) bond motifs is 5. The van der Waals surface area contributed by atoms with Crippen LogP contribution in [-0.4, -0.2) is 0 Å². The minimum absolute atomic E-state index is 0.500. The van der Waals surface area contributed by atoms with Gasteiger partial charge in [0.25, 0.3) is 0 Å². The molecule has 0 N–H and O–H groups in total. The summed E-state index contributed by atoms with van der Waals surface area (Å²) in [4.78, 5) is 0. The maximum Gasteiger partial charge on any atom is -0.00207 e. The first-order valence-electron chi connectivity index (χ1n) is 17.0. The van der Waals surface area contributed by atoms with Gasteiger partial charge in [-0.25, -0.2) is 0 Å². The molecule has 8 aromatic carbocycles. The number of rotatable bonds is 6. The SMILES string of the molecule is CCC(CC1=Cc2c(-c3c4ccccc4cc4ccccc34)ccc(-c3c4ccccc4cc4ccccc34)c2C1)c1ccccc1. The maximum absolute atomic E-state index is 2.56. The van der Waals surface area contributed by atoms with Crippen LogP contribution in [0.2, 0.25) is 0 Å². The van der Waals surface area contributed by atoms with Crippen molar-refractivity contribution >= 4 is 49.2 Å². The molecule has 0 aliphatic heterocycles. The number of hydrogen-bond acceptors (Lipinski definition) is 0. The van der Waals surface area contributed by atoms with Crippen molar-refractivity contribution < 1.29 is 0 Å². The molecule has 0 bridgehead atoms. The van der Waals surface area contributed by atoms with Gasteiger partial charge in [-0.2, -0.15) is 0 Å². The Morgan fingerprint density at radius 1 is 0.489 bits per heavy atom. The molecule has 0 heterocycles. The molecule has 0 spiro atoms. The van der Waals surface area contributed by atoms with E-state index in [4.69, 9.17) is 0 Å². The van der Waals surface area contributed by atoms with E-state index in [1.807, 2.05) is 0 Å². The molecule has 9 rings (SSSR count). The fourth-order valence-electron chi connectivity index (χ4n) is 8.23. The van der Waals surface area contributed by atoms with Crippen LogP contribution >= 0.6 is 0 Å². The summed E-state index contributed by atoms with van der Waals surface area (Å²) in [6, 6.07) is 56.3. The highest BCUT2D eigenvalue weighted by Gasteiger charge is 2.26. The summed E-state index contributed by atoms with van der Waals surface area (Å²) in [5.41, 5.74) is 11.2. The highest BCUT2D eigenvalue weighted by molar-refractivity contribution is 6.16. The van der Waals surface area contributed by atoms with Gasteiger partial charge in [-0.05, 0) is 119 Å². The fourth-order valence-corrected chi connectivity index (χ4v) is 8.23. The van der Waals surface area contributed by atoms with Crippen molar-refractivity contribution in [3.63, 3.8) is 0 Å². The number of benzene rings is 8. The zero-order valence-corrected chi connectivity index (χ0v) is 26.7. The van der Waals surface area contributed by atoms with Crippen LogP contribution in [0.25, 0.3) is 71.4 Å². The van der Waals surface area contributed by atoms with Crippen LogP contribution in [-0.2, 0) is 6.42 Å². The number of allylic oxidation sites excluding steroid dienone is 1. The Morgan fingerprint density at radius 3 is 1.45 bits per heavy atom. The van der Waals surface area contributed by atoms with Crippen LogP contribution in [0.15, 0.2) is 157 Å². The molecule has 1 aliphatic carbocycles. The Morgan fingerprint density at radius 2 is 0.936 bits per heavy atom. The molecule has 0 heteroatoms. The molecule has 1 unspecified atom stereocenters. The second-order valence-corrected chi connectivity index (χ2v) is 13.1. The minimum atomic E-state index is 0.500. The summed E-state index contributed by atoms with van der Waals surface area (Å²) in [5, 5.41) is 10.4. The minimum Gasteiger partial charge on any atom is -0.0648 e. The molecular formula is C47H36. The van der Waals surface area contributed by atoms with Gasteiger partial charge in [0.05, 0.1) is 0 Å². The van der Waals surface area contributed by atoms with E-state index in [0.29, 0.717) is 5.92 Å². The van der Waals surface area contributed by atoms with Crippen molar-refractivity contribution in [3.05, 3.63) is 174 Å². The second-order valence-electron chi connectivity index (χ2n) is 13.1. The summed E-state index contributed by atoms with van der Waals surface area (Å²) >= 11 is 0. The predicted molar refractivity (Wildman–Crippen MR) is 203 cm³/mol. The molecule has 47 heavy (non-hydrogen) atoms. The first kappa shape index (κ1) is 27.8. The molecule has 0 amide bonds. The zero-order valence-electron chi connectivity index (χ0n) is 26.7. The van der Waals surface area contributed by atoms with Crippen molar-refractivity contribution in [1.29, 1.82) is 0 Å². The predicted octanol–water partition coefficient (Wildman–Crippen LogP) is 13.2. The van der Waals surface area contributed by atoms with E-state index in [0.717, 1.165) is 19.3 Å². The second kappa shape index (κ2) is 11.4. The highest BCUT2D eigenvalue weighted by Crippen LogP contribution is 2.48. The van der Waals surface area contributed by atoms with Crippen molar-refractivity contribution in [2.24, 2.45) is 0 Å². The Balaban J connectivity index is 1.32. The Labute approximate surface area is 276 Å². The van der Waals surface area contributed by atoms with Crippen molar-refractivity contribution in [1.82, 2.24) is 0 Å². The average Bonchev–Trinajstić information content (AvgIpc) is 3.56. The van der Waals surface area contributed by atoms with Gasteiger partial charge in [-0.15, -0.1) is 0 Å². The van der Waals surface area contributed by atoms with Crippen LogP contribution in [0, 0.1) is 0 Å². The normalized spacial score (nSPS) is 13.3. The van der Waals surface area contributed by atoms with Gasteiger partial charge >= 0.3 is 0 Å². The van der Waals surface area contributed by atoms with Crippen molar-refractivity contribution in [3.8, 4) is 22.3 Å². The number of hydrogen-bond donors (Lipinski definition) is 0. The smallest absolute Gasteiger partial charge is 0.00207 e. The van der Waals surface area contributed by atoms with Crippen molar-refractivity contribution in [2.45, 2.75) is 32.1 Å². The van der Waals surface area contributed by atoms with E-state index in [1.165, 1.54) is 87.6 Å². The third-order valence-electron chi connectivity index (χ3n) is 10.5. The van der Waals surface area contributed by atoms with E-state index in [9.17, 15) is 0 Å². The molecule has 0 saturated carbocycles. The first-order chi connectivity index (χ1) is 23.3. The van der Waals surface area contributed by atoms with Gasteiger partial charge in [0.2, 0.25) is 0 Å². The maximum atomic E-state index is 2.56. The highest BCUT2D eigenvalue weighted by atomic mass is 14.3. The summed E-state index contributed by atoms with van der Waals surface area (Å²) in [7, 11) is 0. The zero-order chi connectivity index (χ0) is 31.3. The average molecular weight is 601 g/mol. The lowest BCUT2D eigenvalue weighted by molar-refractivity contribution is 0.652. The lowest BCUT2D eigenvalue weighted by Crippen LogP contribution is -2.00. The van der Waals surface area contributed by atoms with Gasteiger partial charge in [-0.1, -0.05) is 158 Å². The Bertz CT molecular complexity index is 2390. The molecule has 1 atom stereocenters. The molecule has 224 valence electrons. The van der Waals surface area contributed by atoms with E-state index in [1.54, 1.807) is 0 Å². The van der Waals surface area contributed by atoms with Crippen LogP contribution in [0.4, 0.5) is 0 Å². The van der Waals surface area contributed by atoms with E-state index < -0.39 is 0 Å². The molecule has 8 aromatic rings. The third-order valence-corrected chi connectivity index (χ3v) is 10.5. The standard InChI is InChI=1S/C47H36/c1-2-32(33-14-4-3-5-15-33)26-31-27-44-42(46-38-20-10-6-16-34(38)29-35-17-7-11-21-39(35)46)24-25-43(45(44)28-31)47-40-22-12-8-18-36(40)30-37-19-9-13-23-41(37)47/h3-25,27,29-30,32H,2,26,28H2,1H3. The molecule has 0 radical (unpaired) electrons. The Hall–Kier alpha value is -5.46. The van der Waals surface area contributed by atoms with Gasteiger partial charge in [0, 0.05) is 0 Å². The molecule has 0 saturated heterocycles. The molecule has 0 aromatic heterocycles. The first-order valence-corrected chi connectivity index (χ1v) is 17.0. The van der Waals surface area contributed by atoms with Crippen LogP contribution in [0.5, 0.6) is 0 Å². The topological polar surface area (TPSA) is 0 Å². The summed E-state index contributed by atoms with van der Waals surface area (Å²) in [6.07, 6.45) is 5.73. The van der Waals surface area contributed by atoms with Crippen LogP contribution in [0.1, 0.15) is 42.4 Å². The Kier molecular flexibility index (Phi) is 6.75. The molecule has 0 fully saturated rings.